The van der Waals surface area contributed by atoms with Crippen LogP contribution < -0.4 is 10.9 Å². The van der Waals surface area contributed by atoms with Gasteiger partial charge in [0.2, 0.25) is 0 Å². The van der Waals surface area contributed by atoms with Crippen molar-refractivity contribution < 1.29 is 9.90 Å². The Morgan fingerprint density at radius 1 is 1.12 bits per heavy atom. The fourth-order valence-corrected chi connectivity index (χ4v) is 6.61. The summed E-state index contributed by atoms with van der Waals surface area (Å²) in [5.41, 5.74) is 1.99. The van der Waals surface area contributed by atoms with Crippen LogP contribution in [0.2, 0.25) is 0 Å². The number of piperidine rings is 3. The van der Waals surface area contributed by atoms with Crippen LogP contribution in [0, 0.1) is 24.7 Å². The Labute approximate surface area is 248 Å². The number of hydrogen-bond donors (Lipinski definition) is 2. The third-order valence-electron chi connectivity index (χ3n) is 8.82. The molecule has 9 heteroatoms. The number of benzene rings is 2. The minimum absolute atomic E-state index is 0.143. The average molecular weight is 573 g/mol. The largest absolute Gasteiger partial charge is 0.376 e. The summed E-state index contributed by atoms with van der Waals surface area (Å²) in [5, 5.41) is 20.1. The molecule has 3 aliphatic rings. The van der Waals surface area contributed by atoms with Crippen molar-refractivity contribution >= 4 is 22.3 Å². The number of hydrogen-bond acceptors (Lipinski definition) is 6. The van der Waals surface area contributed by atoms with Crippen LogP contribution in [0.1, 0.15) is 53.1 Å². The fourth-order valence-electron chi connectivity index (χ4n) is 6.61. The van der Waals surface area contributed by atoms with Crippen molar-refractivity contribution in [2.75, 3.05) is 19.6 Å². The molecule has 0 saturated carbocycles. The monoisotopic (exact) mass is 572 g/mol. The summed E-state index contributed by atoms with van der Waals surface area (Å²) in [5.74, 6) is 6.19. The van der Waals surface area contributed by atoms with Crippen LogP contribution in [0.15, 0.2) is 77.9 Å². The molecule has 3 fully saturated rings. The molecule has 0 aliphatic carbocycles. The number of pyridine rings is 1. The number of nitrogens with zero attached hydrogens (tertiary/aromatic N) is 5. The summed E-state index contributed by atoms with van der Waals surface area (Å²) in [4.78, 5) is 34.5. The molecule has 5 aromatic rings. The number of aliphatic hydroxyl groups is 1. The van der Waals surface area contributed by atoms with Gasteiger partial charge in [0, 0.05) is 41.8 Å². The molecule has 3 saturated heterocycles. The van der Waals surface area contributed by atoms with Crippen molar-refractivity contribution in [2.45, 2.75) is 38.3 Å². The van der Waals surface area contributed by atoms with Crippen LogP contribution in [0.4, 0.5) is 0 Å². The van der Waals surface area contributed by atoms with E-state index in [1.165, 1.54) is 0 Å². The van der Waals surface area contributed by atoms with Crippen LogP contribution >= 0.6 is 0 Å². The molecule has 6 heterocycles. The number of carbonyl (C=O) groups excluding carboxylic acids is 1. The molecule has 3 aromatic heterocycles. The van der Waals surface area contributed by atoms with E-state index in [4.69, 9.17) is 0 Å². The molecule has 2 N–H and O–H groups in total. The van der Waals surface area contributed by atoms with Gasteiger partial charge in [-0.1, -0.05) is 42.2 Å². The van der Waals surface area contributed by atoms with Crippen molar-refractivity contribution in [1.82, 2.24) is 29.4 Å². The van der Waals surface area contributed by atoms with E-state index in [1.54, 1.807) is 34.5 Å². The Kier molecular flexibility index (Phi) is 6.61. The summed E-state index contributed by atoms with van der Waals surface area (Å²) < 4.78 is 3.22. The zero-order valence-corrected chi connectivity index (χ0v) is 24.1. The standard InChI is InChI=1S/C34H32N6O3/c1-22(36-32(41)29-23(2)37-39-17-7-16-35-31(29)39)28-20-25-9-6-8-24(12-15-34(43)21-38-18-13-26(34)14-19-38)30(25)33(42)40(28)27-10-4-3-5-11-27/h3-11,16-17,20,22,26,43H,13-14,18-19,21H2,1-2H3,(H,36,41)/t22-,34?/m1/s1. The topological polar surface area (TPSA) is 105 Å². The van der Waals surface area contributed by atoms with Crippen molar-refractivity contribution in [3.05, 3.63) is 106 Å². The summed E-state index contributed by atoms with van der Waals surface area (Å²) in [6.07, 6.45) is 5.24. The van der Waals surface area contributed by atoms with Crippen LogP contribution in [0.25, 0.3) is 22.1 Å². The number of fused-ring (bicyclic) bond motifs is 5. The van der Waals surface area contributed by atoms with Crippen molar-refractivity contribution in [1.29, 1.82) is 0 Å². The first-order valence-electron chi connectivity index (χ1n) is 14.7. The van der Waals surface area contributed by atoms with E-state index in [9.17, 15) is 14.7 Å². The lowest BCUT2D eigenvalue weighted by Gasteiger charge is -2.47. The van der Waals surface area contributed by atoms with E-state index in [0.717, 1.165) is 31.3 Å². The molecule has 0 radical (unpaired) electrons. The van der Waals surface area contributed by atoms with Crippen LogP contribution in [0.5, 0.6) is 0 Å². The zero-order chi connectivity index (χ0) is 29.7. The first kappa shape index (κ1) is 27.1. The SMILES string of the molecule is Cc1nn2cccnc2c1C(=O)N[C@H](C)c1cc2cccc(C#CC3(O)CN4CCC3CC4)c2c(=O)n1-c1ccccc1. The van der Waals surface area contributed by atoms with Gasteiger partial charge in [0.1, 0.15) is 11.2 Å². The minimum atomic E-state index is -1.08. The third-order valence-corrected chi connectivity index (χ3v) is 8.82. The number of para-hydroxylation sites is 1. The van der Waals surface area contributed by atoms with E-state index in [0.29, 0.717) is 45.8 Å². The highest BCUT2D eigenvalue weighted by Crippen LogP contribution is 2.35. The Hall–Kier alpha value is -4.78. The highest BCUT2D eigenvalue weighted by molar-refractivity contribution is 6.01. The lowest BCUT2D eigenvalue weighted by molar-refractivity contribution is -0.0713. The second-order valence-corrected chi connectivity index (χ2v) is 11.6. The van der Waals surface area contributed by atoms with Crippen molar-refractivity contribution in [2.24, 2.45) is 5.92 Å². The maximum atomic E-state index is 14.4. The van der Waals surface area contributed by atoms with Gasteiger partial charge in [-0.3, -0.25) is 19.1 Å². The Morgan fingerprint density at radius 3 is 2.65 bits per heavy atom. The van der Waals surface area contributed by atoms with E-state index >= 15 is 0 Å². The number of rotatable bonds is 4. The third kappa shape index (κ3) is 4.69. The van der Waals surface area contributed by atoms with Gasteiger partial charge in [-0.15, -0.1) is 0 Å². The van der Waals surface area contributed by atoms with E-state index in [2.05, 4.69) is 32.1 Å². The fraction of sp³-hybridized carbons (Fsp3) is 0.294. The van der Waals surface area contributed by atoms with Gasteiger partial charge in [0.15, 0.2) is 5.65 Å². The Balaban J connectivity index is 1.32. The van der Waals surface area contributed by atoms with Gasteiger partial charge >= 0.3 is 0 Å². The maximum Gasteiger partial charge on any atom is 0.264 e. The van der Waals surface area contributed by atoms with Crippen molar-refractivity contribution in [3.63, 3.8) is 0 Å². The van der Waals surface area contributed by atoms with Gasteiger partial charge in [0.05, 0.1) is 17.1 Å². The smallest absolute Gasteiger partial charge is 0.264 e. The quantitative estimate of drug-likeness (QED) is 0.319. The predicted octanol–water partition coefficient (Wildman–Crippen LogP) is 3.64. The second kappa shape index (κ2) is 10.5. The summed E-state index contributed by atoms with van der Waals surface area (Å²) >= 11 is 0. The summed E-state index contributed by atoms with van der Waals surface area (Å²) in [6, 6.07) is 18.1. The molecule has 1 unspecified atom stereocenters. The lowest BCUT2D eigenvalue weighted by atomic mass is 9.75. The highest BCUT2D eigenvalue weighted by atomic mass is 16.3. The number of amides is 1. The molecule has 2 atom stereocenters. The van der Waals surface area contributed by atoms with E-state index in [-0.39, 0.29) is 17.4 Å². The minimum Gasteiger partial charge on any atom is -0.376 e. The first-order chi connectivity index (χ1) is 20.8. The maximum absolute atomic E-state index is 14.4. The number of nitrogens with one attached hydrogen (secondary N) is 1. The molecular formula is C34H32N6O3. The van der Waals surface area contributed by atoms with Gasteiger partial charge in [-0.2, -0.15) is 5.10 Å². The number of carbonyl (C=O) groups is 1. The lowest BCUT2D eigenvalue weighted by Crippen LogP contribution is -2.58. The van der Waals surface area contributed by atoms with Gasteiger partial charge < -0.3 is 10.4 Å². The normalized spacial score (nSPS) is 21.8. The van der Waals surface area contributed by atoms with Gasteiger partial charge in [-0.05, 0) is 75.5 Å². The predicted molar refractivity (Wildman–Crippen MR) is 164 cm³/mol. The first-order valence-corrected chi connectivity index (χ1v) is 14.7. The van der Waals surface area contributed by atoms with E-state index < -0.39 is 11.6 Å². The van der Waals surface area contributed by atoms with Crippen molar-refractivity contribution in [3.8, 4) is 17.5 Å². The van der Waals surface area contributed by atoms with E-state index in [1.807, 2.05) is 61.5 Å². The second-order valence-electron chi connectivity index (χ2n) is 11.6. The molecule has 8 rings (SSSR count). The molecule has 216 valence electrons. The average Bonchev–Trinajstić information content (AvgIpc) is 3.36. The number of aromatic nitrogens is 4. The van der Waals surface area contributed by atoms with Gasteiger partial charge in [-0.25, -0.2) is 9.50 Å². The molecule has 2 bridgehead atoms. The molecular weight excluding hydrogens is 540 g/mol. The molecule has 1 amide bonds. The molecule has 3 aliphatic heterocycles. The molecule has 0 spiro atoms. The van der Waals surface area contributed by atoms with Crippen LogP contribution in [-0.4, -0.2) is 60.3 Å². The molecule has 2 aromatic carbocycles. The molecule has 43 heavy (non-hydrogen) atoms. The summed E-state index contributed by atoms with van der Waals surface area (Å²) in [6.45, 7) is 6.16. The number of aryl methyl sites for hydroxylation is 1. The van der Waals surface area contributed by atoms with Crippen LogP contribution in [-0.2, 0) is 0 Å². The van der Waals surface area contributed by atoms with Crippen LogP contribution in [0.3, 0.4) is 0 Å². The zero-order valence-electron chi connectivity index (χ0n) is 24.1. The van der Waals surface area contributed by atoms with Gasteiger partial charge in [0.25, 0.3) is 11.5 Å². The Morgan fingerprint density at radius 2 is 1.91 bits per heavy atom. The Bertz CT molecular complexity index is 2000. The highest BCUT2D eigenvalue weighted by Gasteiger charge is 2.44. The molecule has 9 nitrogen and oxygen atoms in total. The summed E-state index contributed by atoms with van der Waals surface area (Å²) in [7, 11) is 0.